The molecule has 0 aliphatic heterocycles. The minimum atomic E-state index is 0.0430. The fourth-order valence-corrected chi connectivity index (χ4v) is 1.41. The molecule has 0 aliphatic rings. The Bertz CT molecular complexity index is 267. The molecule has 3 heteroatoms. The van der Waals surface area contributed by atoms with Crippen molar-refractivity contribution in [3.63, 3.8) is 0 Å². The summed E-state index contributed by atoms with van der Waals surface area (Å²) in [6.07, 6.45) is 6.66. The predicted octanol–water partition coefficient (Wildman–Crippen LogP) is 2.52. The average molecular weight is 209 g/mol. The van der Waals surface area contributed by atoms with Gasteiger partial charge < -0.3 is 9.73 Å². The van der Waals surface area contributed by atoms with E-state index in [9.17, 15) is 4.79 Å². The van der Waals surface area contributed by atoms with E-state index in [1.54, 1.807) is 12.3 Å². The molecular formula is C12H19NO2. The zero-order chi connectivity index (χ0) is 10.9. The summed E-state index contributed by atoms with van der Waals surface area (Å²) < 4.78 is 5.09. The van der Waals surface area contributed by atoms with Crippen molar-refractivity contribution in [2.24, 2.45) is 0 Å². The molecular weight excluding hydrogens is 190 g/mol. The van der Waals surface area contributed by atoms with Crippen LogP contribution in [-0.4, -0.2) is 12.5 Å². The summed E-state index contributed by atoms with van der Waals surface area (Å²) >= 11 is 0. The number of hydrogen-bond acceptors (Lipinski definition) is 2. The molecule has 1 rings (SSSR count). The van der Waals surface area contributed by atoms with Crippen LogP contribution in [0.1, 0.15) is 38.4 Å². The third-order valence-electron chi connectivity index (χ3n) is 2.27. The minimum absolute atomic E-state index is 0.0430. The molecule has 15 heavy (non-hydrogen) atoms. The maximum atomic E-state index is 11.4. The Hall–Kier alpha value is -1.25. The monoisotopic (exact) mass is 209 g/mol. The molecule has 1 heterocycles. The molecule has 0 aliphatic carbocycles. The van der Waals surface area contributed by atoms with Gasteiger partial charge in [-0.2, -0.15) is 0 Å². The molecule has 84 valence electrons. The fourth-order valence-electron chi connectivity index (χ4n) is 1.41. The van der Waals surface area contributed by atoms with Gasteiger partial charge >= 0.3 is 0 Å². The topological polar surface area (TPSA) is 42.2 Å². The van der Waals surface area contributed by atoms with E-state index in [0.717, 1.165) is 18.7 Å². The second-order valence-corrected chi connectivity index (χ2v) is 3.67. The fraction of sp³-hybridized carbons (Fsp3) is 0.583. The number of nitrogens with one attached hydrogen (secondary N) is 1. The van der Waals surface area contributed by atoms with Gasteiger partial charge in [0.15, 0.2) is 0 Å². The van der Waals surface area contributed by atoms with Crippen LogP contribution in [0.15, 0.2) is 22.8 Å². The maximum Gasteiger partial charge on any atom is 0.227 e. The van der Waals surface area contributed by atoms with E-state index in [0.29, 0.717) is 6.42 Å². The van der Waals surface area contributed by atoms with Crippen molar-refractivity contribution in [3.05, 3.63) is 24.2 Å². The van der Waals surface area contributed by atoms with Crippen LogP contribution >= 0.6 is 0 Å². The van der Waals surface area contributed by atoms with E-state index in [1.165, 1.54) is 19.3 Å². The summed E-state index contributed by atoms with van der Waals surface area (Å²) in [6.45, 7) is 2.95. The summed E-state index contributed by atoms with van der Waals surface area (Å²) in [6, 6.07) is 3.61. The highest BCUT2D eigenvalue weighted by molar-refractivity contribution is 5.77. The Morgan fingerprint density at radius 2 is 2.27 bits per heavy atom. The molecule has 0 saturated carbocycles. The number of carbonyl (C=O) groups is 1. The van der Waals surface area contributed by atoms with Crippen LogP contribution < -0.4 is 5.32 Å². The van der Waals surface area contributed by atoms with Crippen molar-refractivity contribution in [1.82, 2.24) is 5.32 Å². The Kier molecular flexibility index (Phi) is 5.59. The largest absolute Gasteiger partial charge is 0.469 e. The van der Waals surface area contributed by atoms with Crippen LogP contribution in [0.2, 0.25) is 0 Å². The second-order valence-electron chi connectivity index (χ2n) is 3.67. The zero-order valence-corrected chi connectivity index (χ0v) is 9.29. The Labute approximate surface area is 90.9 Å². The summed E-state index contributed by atoms with van der Waals surface area (Å²) in [5, 5.41) is 2.88. The van der Waals surface area contributed by atoms with E-state index in [1.807, 2.05) is 6.07 Å². The molecule has 0 bridgehead atoms. The smallest absolute Gasteiger partial charge is 0.227 e. The first kappa shape index (κ1) is 11.8. The van der Waals surface area contributed by atoms with Crippen LogP contribution in [0.5, 0.6) is 0 Å². The first-order valence-electron chi connectivity index (χ1n) is 5.62. The van der Waals surface area contributed by atoms with Crippen molar-refractivity contribution in [3.8, 4) is 0 Å². The molecule has 0 radical (unpaired) electrons. The van der Waals surface area contributed by atoms with Crippen LogP contribution in [0.3, 0.4) is 0 Å². The summed E-state index contributed by atoms with van der Waals surface area (Å²) in [5.74, 6) is 0.766. The lowest BCUT2D eigenvalue weighted by Gasteiger charge is -2.03. The van der Waals surface area contributed by atoms with Gasteiger partial charge in [-0.15, -0.1) is 0 Å². The van der Waals surface area contributed by atoms with Crippen LogP contribution in [0.25, 0.3) is 0 Å². The van der Waals surface area contributed by atoms with Crippen molar-refractivity contribution >= 4 is 5.91 Å². The predicted molar refractivity (Wildman–Crippen MR) is 59.6 cm³/mol. The molecule has 1 amide bonds. The molecule has 0 aromatic carbocycles. The van der Waals surface area contributed by atoms with Gasteiger partial charge in [0.1, 0.15) is 5.76 Å². The molecule has 1 aromatic rings. The first-order valence-corrected chi connectivity index (χ1v) is 5.62. The molecule has 3 nitrogen and oxygen atoms in total. The van der Waals surface area contributed by atoms with Crippen LogP contribution in [0, 0.1) is 0 Å². The van der Waals surface area contributed by atoms with E-state index in [-0.39, 0.29) is 5.91 Å². The number of hydrogen-bond donors (Lipinski definition) is 1. The molecule has 1 aromatic heterocycles. The van der Waals surface area contributed by atoms with Crippen LogP contribution in [0.4, 0.5) is 0 Å². The maximum absolute atomic E-state index is 11.4. The van der Waals surface area contributed by atoms with Gasteiger partial charge in [0.25, 0.3) is 0 Å². The van der Waals surface area contributed by atoms with Gasteiger partial charge in [-0.3, -0.25) is 4.79 Å². The van der Waals surface area contributed by atoms with Gasteiger partial charge in [0.05, 0.1) is 12.7 Å². The molecule has 1 N–H and O–H groups in total. The highest BCUT2D eigenvalue weighted by Crippen LogP contribution is 2.01. The average Bonchev–Trinajstić information content (AvgIpc) is 2.70. The third-order valence-corrected chi connectivity index (χ3v) is 2.27. The molecule has 0 saturated heterocycles. The van der Waals surface area contributed by atoms with E-state index < -0.39 is 0 Å². The minimum Gasteiger partial charge on any atom is -0.469 e. The van der Waals surface area contributed by atoms with Crippen molar-refractivity contribution < 1.29 is 9.21 Å². The Morgan fingerprint density at radius 3 is 2.93 bits per heavy atom. The normalized spacial score (nSPS) is 10.2. The van der Waals surface area contributed by atoms with E-state index in [2.05, 4.69) is 12.2 Å². The summed E-state index contributed by atoms with van der Waals surface area (Å²) in [4.78, 5) is 11.4. The number of furan rings is 1. The van der Waals surface area contributed by atoms with Gasteiger partial charge in [-0.25, -0.2) is 0 Å². The molecule has 0 spiro atoms. The third kappa shape index (κ3) is 5.25. The van der Waals surface area contributed by atoms with Gasteiger partial charge in [-0.05, 0) is 18.6 Å². The van der Waals surface area contributed by atoms with Crippen molar-refractivity contribution in [1.29, 1.82) is 0 Å². The van der Waals surface area contributed by atoms with Gasteiger partial charge in [0, 0.05) is 6.54 Å². The van der Waals surface area contributed by atoms with Gasteiger partial charge in [0.2, 0.25) is 5.91 Å². The number of unbranched alkanes of at least 4 members (excludes halogenated alkanes) is 3. The van der Waals surface area contributed by atoms with E-state index >= 15 is 0 Å². The molecule has 0 atom stereocenters. The Morgan fingerprint density at radius 1 is 1.40 bits per heavy atom. The van der Waals surface area contributed by atoms with Crippen LogP contribution in [-0.2, 0) is 11.2 Å². The lowest BCUT2D eigenvalue weighted by Crippen LogP contribution is -2.25. The lowest BCUT2D eigenvalue weighted by atomic mass is 10.2. The lowest BCUT2D eigenvalue weighted by molar-refractivity contribution is -0.120. The Balaban J connectivity index is 2.04. The number of carbonyl (C=O) groups excluding carboxylic acids is 1. The summed E-state index contributed by atoms with van der Waals surface area (Å²) in [5.41, 5.74) is 0. The first-order chi connectivity index (χ1) is 7.33. The summed E-state index contributed by atoms with van der Waals surface area (Å²) in [7, 11) is 0. The van der Waals surface area contributed by atoms with E-state index in [4.69, 9.17) is 4.42 Å². The van der Waals surface area contributed by atoms with Crippen molar-refractivity contribution in [2.75, 3.05) is 6.54 Å². The molecule has 0 fully saturated rings. The standard InChI is InChI=1S/C12H19NO2/c1-2-3-4-5-8-13-12(14)10-11-7-6-9-15-11/h6-7,9H,2-5,8,10H2,1H3,(H,13,14). The number of amides is 1. The number of rotatable bonds is 7. The quantitative estimate of drug-likeness (QED) is 0.701. The second kappa shape index (κ2) is 7.10. The van der Waals surface area contributed by atoms with Gasteiger partial charge in [-0.1, -0.05) is 26.2 Å². The zero-order valence-electron chi connectivity index (χ0n) is 9.29. The highest BCUT2D eigenvalue weighted by atomic mass is 16.3. The molecule has 0 unspecified atom stereocenters. The SMILES string of the molecule is CCCCCCNC(=O)Cc1ccco1. The van der Waals surface area contributed by atoms with Crippen molar-refractivity contribution in [2.45, 2.75) is 39.0 Å². The highest BCUT2D eigenvalue weighted by Gasteiger charge is 2.03.